The molecule has 5 heteroatoms. The fraction of sp³-hybridized carbons (Fsp3) is 0.455. The van der Waals surface area contributed by atoms with Gasteiger partial charge in [-0.3, -0.25) is 0 Å². The number of phenols is 1. The van der Waals surface area contributed by atoms with Crippen LogP contribution in [0.1, 0.15) is 18.4 Å². The fourth-order valence-electron chi connectivity index (χ4n) is 1.67. The molecule has 0 aromatic heterocycles. The van der Waals surface area contributed by atoms with E-state index >= 15 is 0 Å². The molecule has 3 N–H and O–H groups in total. The maximum Gasteiger partial charge on any atom is 0.175 e. The minimum atomic E-state index is -0.457. The molecule has 0 saturated heterocycles. The third-order valence-corrected chi connectivity index (χ3v) is 3.71. The molecule has 0 radical (unpaired) electrons. The van der Waals surface area contributed by atoms with Gasteiger partial charge in [0.1, 0.15) is 5.82 Å². The Bertz CT molecular complexity index is 432. The highest BCUT2D eigenvalue weighted by atomic mass is 79.9. The van der Waals surface area contributed by atoms with E-state index in [4.69, 9.17) is 10.5 Å². The molecule has 1 saturated carbocycles. The number of rotatable bonds is 3. The third-order valence-electron chi connectivity index (χ3n) is 2.87. The van der Waals surface area contributed by atoms with E-state index < -0.39 is 5.82 Å². The maximum absolute atomic E-state index is 13.7. The topological polar surface area (TPSA) is 55.5 Å². The molecule has 1 aromatic rings. The molecular weight excluding hydrogens is 277 g/mol. The number of methoxy groups -OCH3 is 1. The second kappa shape index (κ2) is 3.89. The monoisotopic (exact) mass is 289 g/mol. The van der Waals surface area contributed by atoms with Crippen molar-refractivity contribution >= 4 is 15.9 Å². The fourth-order valence-corrected chi connectivity index (χ4v) is 2.37. The second-order valence-electron chi connectivity index (χ2n) is 4.24. The SMILES string of the molecule is COc1c(O)cc(F)c(CC2(N)CC2)c1Br. The predicted octanol–water partition coefficient (Wildman–Crippen LogP) is 2.34. The van der Waals surface area contributed by atoms with Gasteiger partial charge in [-0.1, -0.05) is 0 Å². The largest absolute Gasteiger partial charge is 0.504 e. The molecule has 0 aliphatic heterocycles. The molecule has 88 valence electrons. The van der Waals surface area contributed by atoms with Crippen molar-refractivity contribution < 1.29 is 14.2 Å². The first-order valence-corrected chi connectivity index (χ1v) is 5.79. The number of hydrogen-bond acceptors (Lipinski definition) is 3. The van der Waals surface area contributed by atoms with Crippen molar-refractivity contribution in [1.29, 1.82) is 0 Å². The first-order valence-electron chi connectivity index (χ1n) is 4.99. The highest BCUT2D eigenvalue weighted by Gasteiger charge is 2.39. The smallest absolute Gasteiger partial charge is 0.175 e. The highest BCUT2D eigenvalue weighted by Crippen LogP contribution is 2.43. The molecule has 1 fully saturated rings. The lowest BCUT2D eigenvalue weighted by Gasteiger charge is -2.15. The average molecular weight is 290 g/mol. The number of aromatic hydroxyl groups is 1. The van der Waals surface area contributed by atoms with Gasteiger partial charge in [-0.25, -0.2) is 4.39 Å². The zero-order chi connectivity index (χ0) is 11.9. The van der Waals surface area contributed by atoms with Crippen LogP contribution in [0.2, 0.25) is 0 Å². The van der Waals surface area contributed by atoms with E-state index in [1.807, 2.05) is 0 Å². The van der Waals surface area contributed by atoms with Gasteiger partial charge < -0.3 is 15.6 Å². The van der Waals surface area contributed by atoms with Crippen LogP contribution >= 0.6 is 15.9 Å². The van der Waals surface area contributed by atoms with Crippen molar-refractivity contribution in [2.75, 3.05) is 7.11 Å². The summed E-state index contributed by atoms with van der Waals surface area (Å²) in [4.78, 5) is 0. The Kier molecular flexibility index (Phi) is 2.84. The first kappa shape index (κ1) is 11.7. The van der Waals surface area contributed by atoms with E-state index in [2.05, 4.69) is 15.9 Å². The number of benzene rings is 1. The van der Waals surface area contributed by atoms with Crippen molar-refractivity contribution in [3.8, 4) is 11.5 Å². The zero-order valence-electron chi connectivity index (χ0n) is 8.89. The van der Waals surface area contributed by atoms with E-state index in [0.29, 0.717) is 16.5 Å². The Hall–Kier alpha value is -0.810. The number of phenolic OH excluding ortho intramolecular Hbond substituents is 1. The zero-order valence-corrected chi connectivity index (χ0v) is 10.5. The van der Waals surface area contributed by atoms with Gasteiger partial charge in [0.15, 0.2) is 11.5 Å². The Labute approximate surface area is 102 Å². The van der Waals surface area contributed by atoms with Crippen molar-refractivity contribution in [3.05, 3.63) is 21.9 Å². The summed E-state index contributed by atoms with van der Waals surface area (Å²) < 4.78 is 19.1. The lowest BCUT2D eigenvalue weighted by atomic mass is 10.0. The molecule has 0 bridgehead atoms. The van der Waals surface area contributed by atoms with Crippen LogP contribution in [0.15, 0.2) is 10.5 Å². The van der Waals surface area contributed by atoms with E-state index in [-0.39, 0.29) is 17.0 Å². The van der Waals surface area contributed by atoms with Gasteiger partial charge in [-0.15, -0.1) is 0 Å². The summed E-state index contributed by atoms with van der Waals surface area (Å²) in [5.41, 5.74) is 6.14. The van der Waals surface area contributed by atoms with Gasteiger partial charge in [0.25, 0.3) is 0 Å². The summed E-state index contributed by atoms with van der Waals surface area (Å²) in [7, 11) is 1.43. The van der Waals surface area contributed by atoms with Crippen LogP contribution in [0.3, 0.4) is 0 Å². The van der Waals surface area contributed by atoms with Gasteiger partial charge in [0.05, 0.1) is 11.6 Å². The van der Waals surface area contributed by atoms with Gasteiger partial charge in [-0.2, -0.15) is 0 Å². The number of ether oxygens (including phenoxy) is 1. The maximum atomic E-state index is 13.7. The molecule has 1 aliphatic carbocycles. The van der Waals surface area contributed by atoms with Crippen LogP contribution in [0.5, 0.6) is 11.5 Å². The summed E-state index contributed by atoms with van der Waals surface area (Å²) in [5, 5.41) is 9.48. The molecule has 1 aromatic carbocycles. The minimum absolute atomic E-state index is 0.211. The van der Waals surface area contributed by atoms with E-state index in [9.17, 15) is 9.50 Å². The van der Waals surface area contributed by atoms with Crippen LogP contribution in [0, 0.1) is 5.82 Å². The van der Waals surface area contributed by atoms with Crippen LogP contribution in [-0.4, -0.2) is 17.8 Å². The molecule has 3 nitrogen and oxygen atoms in total. The van der Waals surface area contributed by atoms with Gasteiger partial charge >= 0.3 is 0 Å². The normalized spacial score (nSPS) is 17.2. The average Bonchev–Trinajstić information content (AvgIpc) is 2.92. The standard InChI is InChI=1S/C11H13BrFNO2/c1-16-10-8(15)4-7(13)6(9(10)12)5-11(14)2-3-11/h4,15H,2-3,5,14H2,1H3. The molecule has 0 amide bonds. The van der Waals surface area contributed by atoms with Gasteiger partial charge in [-0.05, 0) is 35.2 Å². The van der Waals surface area contributed by atoms with Crippen molar-refractivity contribution in [3.63, 3.8) is 0 Å². The lowest BCUT2D eigenvalue weighted by molar-refractivity contribution is 0.367. The minimum Gasteiger partial charge on any atom is -0.504 e. The highest BCUT2D eigenvalue weighted by molar-refractivity contribution is 9.10. The number of halogens is 2. The molecule has 0 spiro atoms. The van der Waals surface area contributed by atoms with Crippen molar-refractivity contribution in [2.24, 2.45) is 5.73 Å². The van der Waals surface area contributed by atoms with Crippen LogP contribution < -0.4 is 10.5 Å². The van der Waals surface area contributed by atoms with Gasteiger partial charge in [0.2, 0.25) is 0 Å². The summed E-state index contributed by atoms with van der Waals surface area (Å²) in [5.74, 6) is -0.417. The lowest BCUT2D eigenvalue weighted by Crippen LogP contribution is -2.25. The Morgan fingerprint density at radius 1 is 1.62 bits per heavy atom. The summed E-state index contributed by atoms with van der Waals surface area (Å²) >= 11 is 3.24. The quantitative estimate of drug-likeness (QED) is 0.898. The summed E-state index contributed by atoms with van der Waals surface area (Å²) in [6.45, 7) is 0. The predicted molar refractivity (Wildman–Crippen MR) is 62.2 cm³/mol. The van der Waals surface area contributed by atoms with Gasteiger partial charge in [0, 0.05) is 17.2 Å². The summed E-state index contributed by atoms with van der Waals surface area (Å²) in [6.07, 6.45) is 2.26. The van der Waals surface area contributed by atoms with Crippen LogP contribution in [0.25, 0.3) is 0 Å². The molecule has 0 atom stereocenters. The first-order chi connectivity index (χ1) is 7.47. The summed E-state index contributed by atoms with van der Waals surface area (Å²) in [6, 6.07) is 1.06. The van der Waals surface area contributed by atoms with E-state index in [1.165, 1.54) is 7.11 Å². The van der Waals surface area contributed by atoms with E-state index in [1.54, 1.807) is 0 Å². The number of nitrogens with two attached hydrogens (primary N) is 1. The van der Waals surface area contributed by atoms with Crippen molar-refractivity contribution in [2.45, 2.75) is 24.8 Å². The molecular formula is C11H13BrFNO2. The van der Waals surface area contributed by atoms with E-state index in [0.717, 1.165) is 18.9 Å². The second-order valence-corrected chi connectivity index (χ2v) is 5.04. The Morgan fingerprint density at radius 3 is 2.75 bits per heavy atom. The molecule has 16 heavy (non-hydrogen) atoms. The number of hydrogen-bond donors (Lipinski definition) is 2. The van der Waals surface area contributed by atoms with Crippen LogP contribution in [0.4, 0.5) is 4.39 Å². The van der Waals surface area contributed by atoms with Crippen molar-refractivity contribution in [1.82, 2.24) is 0 Å². The van der Waals surface area contributed by atoms with Crippen LogP contribution in [-0.2, 0) is 6.42 Å². The molecule has 0 heterocycles. The molecule has 1 aliphatic rings. The third kappa shape index (κ3) is 2.01. The molecule has 0 unspecified atom stereocenters. The molecule has 2 rings (SSSR count). The Balaban J connectivity index is 2.43. The Morgan fingerprint density at radius 2 is 2.25 bits per heavy atom.